The van der Waals surface area contributed by atoms with Crippen molar-refractivity contribution in [2.24, 2.45) is 0 Å². The standard InChI is InChI=1S/C22H20F2N4O2/c1-30-17-5-7-20-15(8-17)3-6-21(27-20)18(22(29)11-28-13-25-12-26-28)9-14-2-4-16(23)10-19(14)24/h2-8,10,12-13,18,22,29H,9,11H2,1H3. The molecule has 154 valence electrons. The fourth-order valence-corrected chi connectivity index (χ4v) is 3.46. The first-order chi connectivity index (χ1) is 14.5. The SMILES string of the molecule is COc1ccc2nc(C(Cc3ccc(F)cc3F)C(O)Cn3cncn3)ccc2c1. The van der Waals surface area contributed by atoms with Crippen molar-refractivity contribution in [3.63, 3.8) is 0 Å². The number of methoxy groups -OCH3 is 1. The first-order valence-corrected chi connectivity index (χ1v) is 9.42. The molecule has 2 aromatic heterocycles. The van der Waals surface area contributed by atoms with Crippen LogP contribution in [-0.2, 0) is 13.0 Å². The van der Waals surface area contributed by atoms with Crippen LogP contribution in [0.3, 0.4) is 0 Å². The second kappa shape index (κ2) is 8.54. The second-order valence-electron chi connectivity index (χ2n) is 7.03. The maximum Gasteiger partial charge on any atom is 0.137 e. The van der Waals surface area contributed by atoms with E-state index in [1.165, 1.54) is 29.5 Å². The molecule has 0 saturated carbocycles. The number of aliphatic hydroxyl groups excluding tert-OH is 1. The maximum atomic E-state index is 14.3. The largest absolute Gasteiger partial charge is 0.497 e. The number of rotatable bonds is 7. The Balaban J connectivity index is 1.70. The van der Waals surface area contributed by atoms with E-state index in [-0.39, 0.29) is 13.0 Å². The zero-order valence-corrected chi connectivity index (χ0v) is 16.2. The Bertz CT molecular complexity index is 1150. The molecule has 0 bridgehead atoms. The van der Waals surface area contributed by atoms with E-state index in [9.17, 15) is 13.9 Å². The fraction of sp³-hybridized carbons (Fsp3) is 0.227. The van der Waals surface area contributed by atoms with Crippen LogP contribution in [-0.4, -0.2) is 38.1 Å². The Labute approximate surface area is 171 Å². The Kier molecular flexibility index (Phi) is 5.67. The molecule has 2 unspecified atom stereocenters. The van der Waals surface area contributed by atoms with Gasteiger partial charge in [-0.3, -0.25) is 9.67 Å². The number of aromatic nitrogens is 4. The van der Waals surface area contributed by atoms with E-state index in [2.05, 4.69) is 15.1 Å². The van der Waals surface area contributed by atoms with Crippen LogP contribution in [0.4, 0.5) is 8.78 Å². The molecule has 0 radical (unpaired) electrons. The van der Waals surface area contributed by atoms with Crippen LogP contribution in [0.5, 0.6) is 5.75 Å². The second-order valence-corrected chi connectivity index (χ2v) is 7.03. The summed E-state index contributed by atoms with van der Waals surface area (Å²) >= 11 is 0. The van der Waals surface area contributed by atoms with Gasteiger partial charge in [-0.2, -0.15) is 5.10 Å². The lowest BCUT2D eigenvalue weighted by molar-refractivity contribution is 0.117. The van der Waals surface area contributed by atoms with Gasteiger partial charge >= 0.3 is 0 Å². The predicted octanol–water partition coefficient (Wildman–Crippen LogP) is 3.50. The van der Waals surface area contributed by atoms with Crippen molar-refractivity contribution in [1.29, 1.82) is 0 Å². The summed E-state index contributed by atoms with van der Waals surface area (Å²) in [5, 5.41) is 15.9. The summed E-state index contributed by atoms with van der Waals surface area (Å²) in [6.07, 6.45) is 2.11. The highest BCUT2D eigenvalue weighted by atomic mass is 19.1. The summed E-state index contributed by atoms with van der Waals surface area (Å²) < 4.78 is 34.4. The molecule has 2 aromatic carbocycles. The van der Waals surface area contributed by atoms with Gasteiger partial charge in [0.25, 0.3) is 0 Å². The van der Waals surface area contributed by atoms with Crippen molar-refractivity contribution in [3.05, 3.63) is 84.1 Å². The number of hydrogen-bond acceptors (Lipinski definition) is 5. The highest BCUT2D eigenvalue weighted by Crippen LogP contribution is 2.28. The average molecular weight is 410 g/mol. The molecule has 0 amide bonds. The van der Waals surface area contributed by atoms with Gasteiger partial charge in [0.1, 0.15) is 30.0 Å². The third kappa shape index (κ3) is 4.28. The van der Waals surface area contributed by atoms with Gasteiger partial charge < -0.3 is 9.84 Å². The van der Waals surface area contributed by atoms with Crippen LogP contribution in [0.25, 0.3) is 10.9 Å². The summed E-state index contributed by atoms with van der Waals surface area (Å²) in [4.78, 5) is 8.57. The smallest absolute Gasteiger partial charge is 0.137 e. The molecule has 2 atom stereocenters. The van der Waals surface area contributed by atoms with Crippen molar-refractivity contribution in [1.82, 2.24) is 19.7 Å². The van der Waals surface area contributed by atoms with Crippen LogP contribution in [0.1, 0.15) is 17.2 Å². The highest BCUT2D eigenvalue weighted by molar-refractivity contribution is 5.80. The quantitative estimate of drug-likeness (QED) is 0.505. The summed E-state index contributed by atoms with van der Waals surface area (Å²) in [7, 11) is 1.59. The van der Waals surface area contributed by atoms with Crippen LogP contribution in [0.15, 0.2) is 61.2 Å². The molecule has 0 aliphatic heterocycles. The van der Waals surface area contributed by atoms with E-state index >= 15 is 0 Å². The van der Waals surface area contributed by atoms with Crippen LogP contribution in [0.2, 0.25) is 0 Å². The summed E-state index contributed by atoms with van der Waals surface area (Å²) in [5.74, 6) is -1.12. The van der Waals surface area contributed by atoms with Gasteiger partial charge in [-0.05, 0) is 42.3 Å². The monoisotopic (exact) mass is 410 g/mol. The van der Waals surface area contributed by atoms with Crippen molar-refractivity contribution in [2.45, 2.75) is 25.0 Å². The maximum absolute atomic E-state index is 14.3. The lowest BCUT2D eigenvalue weighted by Crippen LogP contribution is -2.27. The topological polar surface area (TPSA) is 73.1 Å². The molecular weight excluding hydrogens is 390 g/mol. The predicted molar refractivity (Wildman–Crippen MR) is 107 cm³/mol. The Hall–Kier alpha value is -3.39. The number of aliphatic hydroxyl groups is 1. The molecule has 1 N–H and O–H groups in total. The minimum Gasteiger partial charge on any atom is -0.497 e. The molecule has 8 heteroatoms. The van der Waals surface area contributed by atoms with E-state index in [0.29, 0.717) is 17.0 Å². The van der Waals surface area contributed by atoms with Crippen molar-refractivity contribution >= 4 is 10.9 Å². The van der Waals surface area contributed by atoms with Gasteiger partial charge in [-0.25, -0.2) is 13.8 Å². The van der Waals surface area contributed by atoms with Gasteiger partial charge in [0.05, 0.1) is 25.3 Å². The Morgan fingerprint density at radius 1 is 1.10 bits per heavy atom. The van der Waals surface area contributed by atoms with Gasteiger partial charge in [0.15, 0.2) is 0 Å². The van der Waals surface area contributed by atoms with Crippen LogP contribution < -0.4 is 4.74 Å². The number of halogens is 2. The average Bonchev–Trinajstić information content (AvgIpc) is 3.25. The van der Waals surface area contributed by atoms with E-state index in [1.807, 2.05) is 18.2 Å². The van der Waals surface area contributed by atoms with E-state index in [4.69, 9.17) is 4.74 Å². The van der Waals surface area contributed by atoms with Gasteiger partial charge in [0.2, 0.25) is 0 Å². The number of ether oxygens (including phenoxy) is 1. The summed E-state index contributed by atoms with van der Waals surface area (Å²) in [6, 6.07) is 12.6. The fourth-order valence-electron chi connectivity index (χ4n) is 3.46. The molecule has 0 aliphatic rings. The number of benzene rings is 2. The number of hydrogen-bond donors (Lipinski definition) is 1. The third-order valence-electron chi connectivity index (χ3n) is 5.06. The highest BCUT2D eigenvalue weighted by Gasteiger charge is 2.25. The molecule has 4 aromatic rings. The van der Waals surface area contributed by atoms with E-state index in [0.717, 1.165) is 17.0 Å². The lowest BCUT2D eigenvalue weighted by atomic mass is 9.89. The number of pyridine rings is 1. The first kappa shape index (κ1) is 19.9. The number of nitrogens with zero attached hydrogens (tertiary/aromatic N) is 4. The molecule has 6 nitrogen and oxygen atoms in total. The molecular formula is C22H20F2N4O2. The van der Waals surface area contributed by atoms with Crippen molar-refractivity contribution in [2.75, 3.05) is 7.11 Å². The van der Waals surface area contributed by atoms with Crippen molar-refractivity contribution < 1.29 is 18.6 Å². The summed E-state index contributed by atoms with van der Waals surface area (Å²) in [6.45, 7) is 0.163. The van der Waals surface area contributed by atoms with Crippen LogP contribution in [0, 0.1) is 11.6 Å². The molecule has 4 rings (SSSR count). The zero-order valence-electron chi connectivity index (χ0n) is 16.2. The summed E-state index contributed by atoms with van der Waals surface area (Å²) in [5.41, 5.74) is 1.63. The normalized spacial score (nSPS) is 13.3. The van der Waals surface area contributed by atoms with E-state index < -0.39 is 23.7 Å². The lowest BCUT2D eigenvalue weighted by Gasteiger charge is -2.23. The molecule has 0 spiro atoms. The minimum absolute atomic E-state index is 0.149. The Morgan fingerprint density at radius 3 is 2.70 bits per heavy atom. The molecule has 30 heavy (non-hydrogen) atoms. The molecule has 0 saturated heterocycles. The molecule has 0 fully saturated rings. The first-order valence-electron chi connectivity index (χ1n) is 9.42. The van der Waals surface area contributed by atoms with Crippen molar-refractivity contribution in [3.8, 4) is 5.75 Å². The van der Waals surface area contributed by atoms with Gasteiger partial charge in [0, 0.05) is 23.1 Å². The minimum atomic E-state index is -0.917. The van der Waals surface area contributed by atoms with E-state index in [1.54, 1.807) is 19.2 Å². The Morgan fingerprint density at radius 2 is 1.97 bits per heavy atom. The number of fused-ring (bicyclic) bond motifs is 1. The zero-order chi connectivity index (χ0) is 21.1. The third-order valence-corrected chi connectivity index (χ3v) is 5.06. The van der Waals surface area contributed by atoms with Crippen LogP contribution >= 0.6 is 0 Å². The molecule has 0 aliphatic carbocycles. The van der Waals surface area contributed by atoms with Gasteiger partial charge in [-0.15, -0.1) is 0 Å². The van der Waals surface area contributed by atoms with Gasteiger partial charge in [-0.1, -0.05) is 12.1 Å². The molecule has 2 heterocycles.